The summed E-state index contributed by atoms with van der Waals surface area (Å²) in [5.74, 6) is 0.511. The molecule has 1 aliphatic carbocycles. The van der Waals surface area contributed by atoms with Gasteiger partial charge in [-0.3, -0.25) is 4.99 Å². The van der Waals surface area contributed by atoms with Crippen molar-refractivity contribution < 1.29 is 13.2 Å². The van der Waals surface area contributed by atoms with Crippen molar-refractivity contribution in [1.82, 2.24) is 5.32 Å². The lowest BCUT2D eigenvalue weighted by Gasteiger charge is -2.22. The first-order valence-corrected chi connectivity index (χ1v) is 10.7. The van der Waals surface area contributed by atoms with E-state index in [-0.39, 0.29) is 0 Å². The number of rotatable bonds is 8. The normalized spacial score (nSPS) is 17.2. The number of nitrogens with zero attached hydrogens (tertiary/aromatic N) is 1. The molecule has 0 heterocycles. The largest absolute Gasteiger partial charge is 0.416 e. The first-order valence-electron chi connectivity index (χ1n) is 10.7. The van der Waals surface area contributed by atoms with Crippen molar-refractivity contribution in [3.05, 3.63) is 71.1 Å². The maximum absolute atomic E-state index is 13.0. The first kappa shape index (κ1) is 24.0. The molecule has 2 rings (SSSR count). The van der Waals surface area contributed by atoms with Crippen LogP contribution >= 0.6 is 0 Å². The van der Waals surface area contributed by atoms with E-state index in [1.165, 1.54) is 44.2 Å². The van der Waals surface area contributed by atoms with Gasteiger partial charge < -0.3 is 5.32 Å². The smallest absolute Gasteiger partial charge is 0.359 e. The Morgan fingerprint density at radius 2 is 1.90 bits per heavy atom. The van der Waals surface area contributed by atoms with Gasteiger partial charge in [0.05, 0.1) is 5.56 Å². The Morgan fingerprint density at radius 3 is 2.50 bits per heavy atom. The Kier molecular flexibility index (Phi) is 8.94. The molecule has 1 aromatic carbocycles. The number of halogens is 3. The Bertz CT molecular complexity index is 810. The van der Waals surface area contributed by atoms with E-state index < -0.39 is 11.7 Å². The molecular weight excluding hydrogens is 385 g/mol. The minimum atomic E-state index is -4.34. The Morgan fingerprint density at radius 1 is 1.20 bits per heavy atom. The van der Waals surface area contributed by atoms with Crippen LogP contribution in [0, 0.1) is 5.92 Å². The summed E-state index contributed by atoms with van der Waals surface area (Å²) in [5.41, 5.74) is 3.82. The molecule has 1 aromatic rings. The van der Waals surface area contributed by atoms with Crippen LogP contribution in [0.25, 0.3) is 0 Å². The van der Waals surface area contributed by atoms with Gasteiger partial charge in [-0.2, -0.15) is 13.2 Å². The molecule has 30 heavy (non-hydrogen) atoms. The predicted molar refractivity (Wildman–Crippen MR) is 119 cm³/mol. The molecule has 0 aromatic heterocycles. The maximum atomic E-state index is 13.0. The van der Waals surface area contributed by atoms with E-state index in [9.17, 15) is 13.2 Å². The van der Waals surface area contributed by atoms with E-state index in [4.69, 9.17) is 0 Å². The highest BCUT2D eigenvalue weighted by Crippen LogP contribution is 2.30. The SMILES string of the molecule is C=C(Cc1cccc(C(F)(F)F)c1)NC(/C=C\C(=NC)C1CCCCC1)=C(/C)CC. The Balaban J connectivity index is 2.10. The molecule has 1 fully saturated rings. The molecule has 0 radical (unpaired) electrons. The molecule has 0 amide bonds. The summed E-state index contributed by atoms with van der Waals surface area (Å²) in [4.78, 5) is 4.50. The fourth-order valence-electron chi connectivity index (χ4n) is 3.78. The predicted octanol–water partition coefficient (Wildman–Crippen LogP) is 7.24. The summed E-state index contributed by atoms with van der Waals surface area (Å²) in [6.45, 7) is 8.17. The van der Waals surface area contributed by atoms with Crippen molar-refractivity contribution >= 4 is 5.71 Å². The number of benzene rings is 1. The minimum Gasteiger partial charge on any atom is -0.359 e. The summed E-state index contributed by atoms with van der Waals surface area (Å²) in [6.07, 6.45) is 7.13. The van der Waals surface area contributed by atoms with Crippen LogP contribution in [0.15, 0.2) is 65.0 Å². The van der Waals surface area contributed by atoms with Gasteiger partial charge >= 0.3 is 6.18 Å². The third kappa shape index (κ3) is 7.19. The van der Waals surface area contributed by atoms with Crippen LogP contribution < -0.4 is 5.32 Å². The standard InChI is InChI=1S/C25H33F3N2/c1-5-18(2)23(14-15-24(29-4)21-11-7-6-8-12-21)30-19(3)16-20-10-9-13-22(17-20)25(26,27)28/h9-10,13-15,17,21,30H,3,5-8,11-12,16H2,1-2,4H3/b15-14-,23-18-,29-24?. The molecular formula is C25H33F3N2. The van der Waals surface area contributed by atoms with Crippen molar-refractivity contribution in [2.45, 2.75) is 65.0 Å². The molecule has 0 spiro atoms. The van der Waals surface area contributed by atoms with Gasteiger partial charge in [-0.05, 0) is 50.0 Å². The Hall–Kier alpha value is -2.30. The molecule has 1 saturated carbocycles. The number of alkyl halides is 3. The maximum Gasteiger partial charge on any atom is 0.416 e. The number of hydrogen-bond acceptors (Lipinski definition) is 2. The topological polar surface area (TPSA) is 24.4 Å². The van der Waals surface area contributed by atoms with Crippen LogP contribution in [-0.4, -0.2) is 12.8 Å². The summed E-state index contributed by atoms with van der Waals surface area (Å²) in [5, 5.41) is 3.32. The minimum absolute atomic E-state index is 0.329. The molecule has 0 bridgehead atoms. The number of hydrogen-bond donors (Lipinski definition) is 1. The summed E-state index contributed by atoms with van der Waals surface area (Å²) in [7, 11) is 1.84. The molecule has 1 aliphatic rings. The van der Waals surface area contributed by atoms with Gasteiger partial charge in [-0.15, -0.1) is 0 Å². The van der Waals surface area contributed by atoms with Gasteiger partial charge in [0.1, 0.15) is 0 Å². The van der Waals surface area contributed by atoms with E-state index in [0.29, 0.717) is 23.6 Å². The monoisotopic (exact) mass is 418 g/mol. The molecule has 0 unspecified atom stereocenters. The van der Waals surface area contributed by atoms with Gasteiger partial charge in [-0.1, -0.05) is 56.5 Å². The summed E-state index contributed by atoms with van der Waals surface area (Å²) in [6, 6.07) is 5.40. The van der Waals surface area contributed by atoms with Crippen molar-refractivity contribution in [1.29, 1.82) is 0 Å². The molecule has 0 atom stereocenters. The molecule has 0 saturated heterocycles. The first-order chi connectivity index (χ1) is 14.2. The van der Waals surface area contributed by atoms with Crippen LogP contribution in [0.4, 0.5) is 13.2 Å². The lowest BCUT2D eigenvalue weighted by Crippen LogP contribution is -2.17. The lowest BCUT2D eigenvalue weighted by atomic mass is 9.85. The second-order valence-electron chi connectivity index (χ2n) is 7.97. The van der Waals surface area contributed by atoms with Crippen LogP contribution in [0.2, 0.25) is 0 Å². The van der Waals surface area contributed by atoms with Crippen LogP contribution in [0.1, 0.15) is 63.5 Å². The van der Waals surface area contributed by atoms with Crippen LogP contribution in [0.3, 0.4) is 0 Å². The van der Waals surface area contributed by atoms with Gasteiger partial charge in [0.15, 0.2) is 0 Å². The van der Waals surface area contributed by atoms with E-state index in [1.54, 1.807) is 6.07 Å². The molecule has 2 nitrogen and oxygen atoms in total. The van der Waals surface area contributed by atoms with E-state index >= 15 is 0 Å². The van der Waals surface area contributed by atoms with Crippen molar-refractivity contribution in [2.24, 2.45) is 10.9 Å². The fraction of sp³-hybridized carbons (Fsp3) is 0.480. The number of allylic oxidation sites excluding steroid dienone is 4. The number of aliphatic imine (C=N–C) groups is 1. The van der Waals surface area contributed by atoms with E-state index in [2.05, 4.69) is 29.9 Å². The average Bonchev–Trinajstić information content (AvgIpc) is 2.73. The van der Waals surface area contributed by atoms with Crippen molar-refractivity contribution in [3.8, 4) is 0 Å². The lowest BCUT2D eigenvalue weighted by molar-refractivity contribution is -0.137. The van der Waals surface area contributed by atoms with Crippen molar-refractivity contribution in [2.75, 3.05) is 7.05 Å². The zero-order chi connectivity index (χ0) is 22.1. The van der Waals surface area contributed by atoms with Crippen molar-refractivity contribution in [3.63, 3.8) is 0 Å². The third-order valence-electron chi connectivity index (χ3n) is 5.68. The summed E-state index contributed by atoms with van der Waals surface area (Å²) < 4.78 is 38.9. The second-order valence-corrected chi connectivity index (χ2v) is 7.97. The average molecular weight is 419 g/mol. The van der Waals surface area contributed by atoms with E-state index in [1.807, 2.05) is 20.0 Å². The van der Waals surface area contributed by atoms with E-state index in [0.717, 1.165) is 29.5 Å². The Labute approximate surface area is 178 Å². The number of nitrogens with one attached hydrogen (secondary N) is 1. The summed E-state index contributed by atoms with van der Waals surface area (Å²) >= 11 is 0. The van der Waals surface area contributed by atoms with Gasteiger partial charge in [-0.25, -0.2) is 0 Å². The fourth-order valence-corrected chi connectivity index (χ4v) is 3.78. The third-order valence-corrected chi connectivity index (χ3v) is 5.68. The van der Waals surface area contributed by atoms with Gasteiger partial charge in [0.25, 0.3) is 0 Å². The van der Waals surface area contributed by atoms with Crippen LogP contribution in [-0.2, 0) is 12.6 Å². The molecule has 1 N–H and O–H groups in total. The highest BCUT2D eigenvalue weighted by molar-refractivity contribution is 5.97. The molecule has 0 aliphatic heterocycles. The molecule has 5 heteroatoms. The zero-order valence-corrected chi connectivity index (χ0v) is 18.3. The van der Waals surface area contributed by atoms with Gasteiger partial charge in [0, 0.05) is 36.5 Å². The highest BCUT2D eigenvalue weighted by Gasteiger charge is 2.30. The van der Waals surface area contributed by atoms with Gasteiger partial charge in [0.2, 0.25) is 0 Å². The highest BCUT2D eigenvalue weighted by atomic mass is 19.4. The van der Waals surface area contributed by atoms with Crippen LogP contribution in [0.5, 0.6) is 0 Å². The zero-order valence-electron chi connectivity index (χ0n) is 18.3. The quantitative estimate of drug-likeness (QED) is 0.349. The second kappa shape index (κ2) is 11.2. The molecule has 164 valence electrons.